The van der Waals surface area contributed by atoms with Crippen molar-refractivity contribution in [1.29, 1.82) is 0 Å². The maximum absolute atomic E-state index is 12.1. The van der Waals surface area contributed by atoms with Gasteiger partial charge in [0.2, 0.25) is 11.8 Å². The zero-order valence-corrected chi connectivity index (χ0v) is 13.9. The van der Waals surface area contributed by atoms with Gasteiger partial charge in [-0.2, -0.15) is 0 Å². The van der Waals surface area contributed by atoms with E-state index in [0.717, 1.165) is 41.5 Å². The molecule has 0 radical (unpaired) electrons. The summed E-state index contributed by atoms with van der Waals surface area (Å²) in [6.45, 7) is 0. The number of methoxy groups -OCH3 is 1. The number of imide groups is 1. The molecular weight excluding hydrogens is 340 g/mol. The van der Waals surface area contributed by atoms with Gasteiger partial charge >= 0.3 is 5.97 Å². The van der Waals surface area contributed by atoms with Gasteiger partial charge in [-0.1, -0.05) is 11.8 Å². The first-order valence-corrected chi connectivity index (χ1v) is 8.73. The Bertz CT molecular complexity index is 712. The van der Waals surface area contributed by atoms with Crippen molar-refractivity contribution >= 4 is 51.1 Å². The monoisotopic (exact) mass is 354 g/mol. The number of nitrogens with one attached hydrogen (secondary N) is 2. The van der Waals surface area contributed by atoms with E-state index < -0.39 is 28.3 Å². The van der Waals surface area contributed by atoms with Gasteiger partial charge in [0.05, 0.1) is 12.7 Å². The number of carbonyl (C=O) groups is 4. The van der Waals surface area contributed by atoms with E-state index in [9.17, 15) is 19.2 Å². The van der Waals surface area contributed by atoms with E-state index in [1.54, 1.807) is 0 Å². The maximum Gasteiger partial charge on any atom is 0.341 e. The molecule has 7 nitrogen and oxygen atoms in total. The number of thioether (sulfide) groups is 1. The van der Waals surface area contributed by atoms with E-state index >= 15 is 0 Å². The molecule has 0 spiro atoms. The lowest BCUT2D eigenvalue weighted by atomic mass is 10.1. The van der Waals surface area contributed by atoms with Crippen LogP contribution >= 0.6 is 23.1 Å². The largest absolute Gasteiger partial charge is 0.465 e. The number of ether oxygens (including phenoxy) is 1. The number of rotatable bonds is 4. The summed E-state index contributed by atoms with van der Waals surface area (Å²) in [7, 11) is 1.30. The van der Waals surface area contributed by atoms with Crippen LogP contribution in [0.3, 0.4) is 0 Å². The Balaban J connectivity index is 1.75. The fourth-order valence-electron chi connectivity index (χ4n) is 2.68. The van der Waals surface area contributed by atoms with Gasteiger partial charge in [0.1, 0.15) is 10.3 Å². The molecule has 1 aliphatic heterocycles. The Hall–Kier alpha value is -1.87. The Kier molecular flexibility index (Phi) is 4.40. The zero-order valence-electron chi connectivity index (χ0n) is 12.3. The average Bonchev–Trinajstić information content (AvgIpc) is 3.13. The molecule has 1 fully saturated rings. The molecule has 0 unspecified atom stereocenters. The first-order chi connectivity index (χ1) is 11.0. The lowest BCUT2D eigenvalue weighted by Gasteiger charge is -2.08. The number of fused-ring (bicyclic) bond motifs is 1. The topological polar surface area (TPSA) is 102 Å². The molecule has 0 saturated carbocycles. The third-order valence-corrected chi connectivity index (χ3v) is 5.89. The van der Waals surface area contributed by atoms with Crippen LogP contribution < -0.4 is 10.6 Å². The zero-order chi connectivity index (χ0) is 16.6. The third kappa shape index (κ3) is 3.11. The molecule has 122 valence electrons. The summed E-state index contributed by atoms with van der Waals surface area (Å²) in [5, 5.41) is 4.12. The van der Waals surface area contributed by atoms with Crippen LogP contribution in [0, 0.1) is 0 Å². The van der Waals surface area contributed by atoms with Gasteiger partial charge < -0.3 is 10.1 Å². The van der Waals surface area contributed by atoms with Crippen molar-refractivity contribution in [2.24, 2.45) is 0 Å². The molecule has 1 aromatic rings. The lowest BCUT2D eigenvalue weighted by molar-refractivity contribution is -0.122. The highest BCUT2D eigenvalue weighted by atomic mass is 32.2. The van der Waals surface area contributed by atoms with Gasteiger partial charge in [-0.3, -0.25) is 19.7 Å². The lowest BCUT2D eigenvalue weighted by Crippen LogP contribution is -2.27. The highest BCUT2D eigenvalue weighted by molar-refractivity contribution is 8.15. The highest BCUT2D eigenvalue weighted by Crippen LogP contribution is 2.39. The maximum atomic E-state index is 12.1. The molecule has 9 heteroatoms. The predicted molar refractivity (Wildman–Crippen MR) is 85.8 cm³/mol. The van der Waals surface area contributed by atoms with Gasteiger partial charge in [-0.15, -0.1) is 11.3 Å². The standard InChI is InChI=1S/C14H14N2O5S2/c1-21-13(19)10-6-3-2-4-7(6)22-12(10)15-9(17)5-8-11(18)16-14(20)23-8/h8H,2-5H2,1H3,(H,15,17)(H,16,18,20)/t8-/m0/s1. The first kappa shape index (κ1) is 16.0. The third-order valence-electron chi connectivity index (χ3n) is 3.70. The van der Waals surface area contributed by atoms with E-state index in [0.29, 0.717) is 10.6 Å². The summed E-state index contributed by atoms with van der Waals surface area (Å²) in [5.74, 6) is -1.34. The van der Waals surface area contributed by atoms with Crippen LogP contribution in [0.2, 0.25) is 0 Å². The second kappa shape index (κ2) is 6.32. The molecule has 2 heterocycles. The minimum absolute atomic E-state index is 0.120. The van der Waals surface area contributed by atoms with Crippen LogP contribution in [0.5, 0.6) is 0 Å². The molecule has 1 atom stereocenters. The van der Waals surface area contributed by atoms with Crippen LogP contribution in [-0.4, -0.2) is 35.4 Å². The molecule has 0 bridgehead atoms. The Morgan fingerprint density at radius 2 is 2.13 bits per heavy atom. The molecule has 3 rings (SSSR count). The minimum atomic E-state index is -0.726. The number of thiophene rings is 1. The van der Waals surface area contributed by atoms with Crippen molar-refractivity contribution in [3.8, 4) is 0 Å². The highest BCUT2D eigenvalue weighted by Gasteiger charge is 2.34. The molecule has 1 aliphatic carbocycles. The van der Waals surface area contributed by atoms with Crippen LogP contribution in [0.1, 0.15) is 33.6 Å². The normalized spacial score (nSPS) is 19.4. The van der Waals surface area contributed by atoms with Crippen molar-refractivity contribution < 1.29 is 23.9 Å². The van der Waals surface area contributed by atoms with Crippen molar-refractivity contribution in [3.63, 3.8) is 0 Å². The van der Waals surface area contributed by atoms with E-state index in [2.05, 4.69) is 10.6 Å². The summed E-state index contributed by atoms with van der Waals surface area (Å²) >= 11 is 2.18. The van der Waals surface area contributed by atoms with Gasteiger partial charge in [-0.25, -0.2) is 4.79 Å². The van der Waals surface area contributed by atoms with Crippen LogP contribution in [0.4, 0.5) is 9.80 Å². The number of carbonyl (C=O) groups excluding carboxylic acids is 4. The Labute approximate surface area is 140 Å². The summed E-state index contributed by atoms with van der Waals surface area (Å²) in [6.07, 6.45) is 2.54. The van der Waals surface area contributed by atoms with E-state index in [1.165, 1.54) is 18.4 Å². The summed E-state index contributed by atoms with van der Waals surface area (Å²) in [6, 6.07) is 0. The summed E-state index contributed by atoms with van der Waals surface area (Å²) < 4.78 is 4.81. The number of esters is 1. The van der Waals surface area contributed by atoms with Gasteiger partial charge in [-0.05, 0) is 24.8 Å². The number of amides is 3. The van der Waals surface area contributed by atoms with Gasteiger partial charge in [0.25, 0.3) is 5.24 Å². The molecule has 23 heavy (non-hydrogen) atoms. The molecule has 1 saturated heterocycles. The Morgan fingerprint density at radius 1 is 1.35 bits per heavy atom. The number of hydrogen-bond acceptors (Lipinski definition) is 7. The fourth-order valence-corrected chi connectivity index (χ4v) is 4.80. The second-order valence-corrected chi connectivity index (χ2v) is 7.47. The van der Waals surface area contributed by atoms with Crippen molar-refractivity contribution in [2.45, 2.75) is 30.9 Å². The van der Waals surface area contributed by atoms with Crippen LogP contribution in [-0.2, 0) is 27.2 Å². The molecule has 2 aliphatic rings. The fraction of sp³-hybridized carbons (Fsp3) is 0.429. The number of anilines is 1. The summed E-state index contributed by atoms with van der Waals surface area (Å²) in [5.41, 5.74) is 1.36. The van der Waals surface area contributed by atoms with E-state index in [-0.39, 0.29) is 6.42 Å². The second-order valence-electron chi connectivity index (χ2n) is 5.19. The van der Waals surface area contributed by atoms with Crippen molar-refractivity contribution in [3.05, 3.63) is 16.0 Å². The van der Waals surface area contributed by atoms with Gasteiger partial charge in [0.15, 0.2) is 0 Å². The van der Waals surface area contributed by atoms with Gasteiger partial charge in [0, 0.05) is 11.3 Å². The van der Waals surface area contributed by atoms with E-state index in [1.807, 2.05) is 0 Å². The molecule has 2 N–H and O–H groups in total. The quantitative estimate of drug-likeness (QED) is 0.798. The molecule has 3 amide bonds. The SMILES string of the molecule is COC(=O)c1c(NC(=O)C[C@@H]2SC(=O)NC2=O)sc2c1CCC2. The van der Waals surface area contributed by atoms with Crippen molar-refractivity contribution in [1.82, 2.24) is 5.32 Å². The smallest absolute Gasteiger partial charge is 0.341 e. The molecule has 1 aromatic heterocycles. The number of aryl methyl sites for hydroxylation is 1. The first-order valence-electron chi connectivity index (χ1n) is 7.03. The average molecular weight is 354 g/mol. The van der Waals surface area contributed by atoms with Crippen molar-refractivity contribution in [2.75, 3.05) is 12.4 Å². The van der Waals surface area contributed by atoms with Crippen LogP contribution in [0.15, 0.2) is 0 Å². The summed E-state index contributed by atoms with van der Waals surface area (Å²) in [4.78, 5) is 47.9. The Morgan fingerprint density at radius 3 is 2.78 bits per heavy atom. The molecule has 0 aromatic carbocycles. The minimum Gasteiger partial charge on any atom is -0.465 e. The van der Waals surface area contributed by atoms with Crippen LogP contribution in [0.25, 0.3) is 0 Å². The number of hydrogen-bond donors (Lipinski definition) is 2. The predicted octanol–water partition coefficient (Wildman–Crippen LogP) is 1.70. The van der Waals surface area contributed by atoms with E-state index in [4.69, 9.17) is 4.74 Å². The molecular formula is C14H14N2O5S2.